The highest BCUT2D eigenvalue weighted by Gasteiger charge is 2.43. The van der Waals surface area contributed by atoms with Crippen molar-refractivity contribution in [1.82, 2.24) is 0 Å². The van der Waals surface area contributed by atoms with Gasteiger partial charge >= 0.3 is 11.9 Å². The van der Waals surface area contributed by atoms with Crippen LogP contribution in [0.4, 0.5) is 0 Å². The topological polar surface area (TPSA) is 71.1 Å². The molecule has 0 N–H and O–H groups in total. The summed E-state index contributed by atoms with van der Waals surface area (Å²) in [6.45, 7) is 7.42. The van der Waals surface area contributed by atoms with Gasteiger partial charge in [0.2, 0.25) is 0 Å². The molecule has 130 valence electrons. The summed E-state index contributed by atoms with van der Waals surface area (Å²) in [5.74, 6) is -1.16. The highest BCUT2D eigenvalue weighted by molar-refractivity contribution is 5.99. The third-order valence-electron chi connectivity index (χ3n) is 3.99. The maximum absolute atomic E-state index is 12.2. The predicted molar refractivity (Wildman–Crippen MR) is 82.5 cm³/mol. The average molecular weight is 318 g/mol. The van der Waals surface area contributed by atoms with Gasteiger partial charge in [-0.25, -0.2) is 0 Å². The maximum atomic E-state index is 12.2. The molecule has 6 nitrogen and oxygen atoms in total. The monoisotopic (exact) mass is 318 g/mol. The number of esters is 2. The summed E-state index contributed by atoms with van der Waals surface area (Å²) in [7, 11) is 3.12. The van der Waals surface area contributed by atoms with Crippen LogP contribution in [-0.2, 0) is 28.5 Å². The van der Waals surface area contributed by atoms with Crippen LogP contribution >= 0.6 is 0 Å². The van der Waals surface area contributed by atoms with E-state index in [-0.39, 0.29) is 25.4 Å². The first-order valence-electron chi connectivity index (χ1n) is 7.79. The smallest absolute Gasteiger partial charge is 0.323 e. The Balaban J connectivity index is 4.65. The fourth-order valence-corrected chi connectivity index (χ4v) is 1.73. The molecule has 0 rings (SSSR count). The molecule has 0 aromatic heterocycles. The van der Waals surface area contributed by atoms with Gasteiger partial charge in [0, 0.05) is 14.2 Å². The molecule has 2 unspecified atom stereocenters. The van der Waals surface area contributed by atoms with E-state index in [9.17, 15) is 9.59 Å². The lowest BCUT2D eigenvalue weighted by molar-refractivity contribution is -0.175. The van der Waals surface area contributed by atoms with E-state index in [0.717, 1.165) is 12.8 Å². The van der Waals surface area contributed by atoms with Crippen molar-refractivity contribution < 1.29 is 28.5 Å². The van der Waals surface area contributed by atoms with Gasteiger partial charge in [0.1, 0.15) is 13.2 Å². The number of rotatable bonds is 11. The molecule has 0 radical (unpaired) electrons. The van der Waals surface area contributed by atoms with Crippen molar-refractivity contribution in [3.8, 4) is 0 Å². The number of hydrogen-bond donors (Lipinski definition) is 0. The van der Waals surface area contributed by atoms with Crippen molar-refractivity contribution in [3.05, 3.63) is 0 Å². The van der Waals surface area contributed by atoms with Crippen molar-refractivity contribution in [2.24, 2.45) is 5.41 Å². The molecule has 0 fully saturated rings. The maximum Gasteiger partial charge on any atom is 0.323 e. The van der Waals surface area contributed by atoms with Gasteiger partial charge in [-0.3, -0.25) is 9.59 Å². The molecule has 0 saturated heterocycles. The van der Waals surface area contributed by atoms with Crippen molar-refractivity contribution in [3.63, 3.8) is 0 Å². The number of hydrogen-bond acceptors (Lipinski definition) is 6. The summed E-state index contributed by atoms with van der Waals surface area (Å²) in [4.78, 5) is 24.5. The lowest BCUT2D eigenvalue weighted by atomic mass is 9.88. The molecule has 0 aliphatic carbocycles. The standard InChI is InChI=1S/C16H30O6/c1-7-12(19-5)10-21-14(17)16(4,9-3)15(18)22-11-13(8-2)20-6/h12-13H,7-11H2,1-6H3. The zero-order valence-corrected chi connectivity index (χ0v) is 14.6. The molecular formula is C16H30O6. The van der Waals surface area contributed by atoms with Gasteiger partial charge in [0.15, 0.2) is 5.41 Å². The zero-order valence-electron chi connectivity index (χ0n) is 14.6. The molecule has 0 aliphatic heterocycles. The zero-order chi connectivity index (χ0) is 17.2. The molecule has 0 bridgehead atoms. The number of carbonyl (C=O) groups excluding carboxylic acids is 2. The van der Waals surface area contributed by atoms with Gasteiger partial charge in [-0.15, -0.1) is 0 Å². The Morgan fingerprint density at radius 1 is 0.864 bits per heavy atom. The Kier molecular flexibility index (Phi) is 10.0. The van der Waals surface area contributed by atoms with Crippen LogP contribution in [0.25, 0.3) is 0 Å². The van der Waals surface area contributed by atoms with Gasteiger partial charge in [0.25, 0.3) is 0 Å². The largest absolute Gasteiger partial charge is 0.462 e. The van der Waals surface area contributed by atoms with Gasteiger partial charge in [-0.05, 0) is 26.2 Å². The minimum atomic E-state index is -1.31. The second kappa shape index (κ2) is 10.6. The van der Waals surface area contributed by atoms with E-state index in [0.29, 0.717) is 6.42 Å². The van der Waals surface area contributed by atoms with Crippen LogP contribution in [0.5, 0.6) is 0 Å². The van der Waals surface area contributed by atoms with Crippen molar-refractivity contribution in [2.75, 3.05) is 27.4 Å². The molecule has 0 aromatic carbocycles. The fourth-order valence-electron chi connectivity index (χ4n) is 1.73. The van der Waals surface area contributed by atoms with Crippen LogP contribution in [0.3, 0.4) is 0 Å². The molecule has 2 atom stereocenters. The molecule has 0 heterocycles. The molecule has 0 amide bonds. The van der Waals surface area contributed by atoms with E-state index >= 15 is 0 Å². The quantitative estimate of drug-likeness (QED) is 0.430. The predicted octanol–water partition coefficient (Wildman–Crippen LogP) is 2.34. The molecule has 0 saturated carbocycles. The first-order chi connectivity index (χ1) is 10.4. The highest BCUT2D eigenvalue weighted by Crippen LogP contribution is 2.25. The highest BCUT2D eigenvalue weighted by atomic mass is 16.6. The van der Waals surface area contributed by atoms with Gasteiger partial charge in [0.05, 0.1) is 12.2 Å². The van der Waals surface area contributed by atoms with E-state index in [4.69, 9.17) is 18.9 Å². The minimum Gasteiger partial charge on any atom is -0.462 e. The summed E-state index contributed by atoms with van der Waals surface area (Å²) < 4.78 is 20.8. The van der Waals surface area contributed by atoms with Crippen molar-refractivity contribution >= 4 is 11.9 Å². The summed E-state index contributed by atoms with van der Waals surface area (Å²) in [6.07, 6.45) is 1.42. The van der Waals surface area contributed by atoms with Gasteiger partial charge < -0.3 is 18.9 Å². The normalized spacial score (nSPS) is 16.5. The molecular weight excluding hydrogens is 288 g/mol. The van der Waals surface area contributed by atoms with E-state index in [1.807, 2.05) is 13.8 Å². The number of ether oxygens (including phenoxy) is 4. The molecule has 0 aromatic rings. The summed E-state index contributed by atoms with van der Waals surface area (Å²) in [5, 5.41) is 0. The van der Waals surface area contributed by atoms with E-state index in [1.165, 1.54) is 0 Å². The van der Waals surface area contributed by atoms with Crippen molar-refractivity contribution in [2.45, 2.75) is 59.2 Å². The second-order valence-corrected chi connectivity index (χ2v) is 5.41. The third-order valence-corrected chi connectivity index (χ3v) is 3.99. The van der Waals surface area contributed by atoms with Crippen LogP contribution in [0, 0.1) is 5.41 Å². The Morgan fingerprint density at radius 3 is 1.45 bits per heavy atom. The average Bonchev–Trinajstić information content (AvgIpc) is 2.55. The van der Waals surface area contributed by atoms with Crippen LogP contribution in [0.15, 0.2) is 0 Å². The minimum absolute atomic E-state index is 0.129. The Morgan fingerprint density at radius 2 is 1.23 bits per heavy atom. The summed E-state index contributed by atoms with van der Waals surface area (Å²) >= 11 is 0. The summed E-state index contributed by atoms with van der Waals surface area (Å²) in [5.41, 5.74) is -1.31. The van der Waals surface area contributed by atoms with E-state index < -0.39 is 17.4 Å². The van der Waals surface area contributed by atoms with Gasteiger partial charge in [-0.2, -0.15) is 0 Å². The Hall–Kier alpha value is -1.14. The first kappa shape index (κ1) is 20.9. The number of methoxy groups -OCH3 is 2. The SMILES string of the molecule is CCC(COC(=O)C(C)(CC)C(=O)OCC(CC)OC)OC. The van der Waals surface area contributed by atoms with Crippen molar-refractivity contribution in [1.29, 1.82) is 0 Å². The molecule has 0 aliphatic rings. The van der Waals surface area contributed by atoms with Crippen LogP contribution in [-0.4, -0.2) is 51.6 Å². The Labute approximate surface area is 133 Å². The molecule has 6 heteroatoms. The fraction of sp³-hybridized carbons (Fsp3) is 0.875. The molecule has 22 heavy (non-hydrogen) atoms. The van der Waals surface area contributed by atoms with E-state index in [1.54, 1.807) is 28.1 Å². The van der Waals surface area contributed by atoms with Crippen LogP contribution in [0.1, 0.15) is 47.0 Å². The van der Waals surface area contributed by atoms with Gasteiger partial charge in [-0.1, -0.05) is 20.8 Å². The second-order valence-electron chi connectivity index (χ2n) is 5.41. The summed E-state index contributed by atoms with van der Waals surface area (Å²) in [6, 6.07) is 0. The number of carbonyl (C=O) groups is 2. The van der Waals surface area contributed by atoms with Crippen LogP contribution < -0.4 is 0 Å². The Bertz CT molecular complexity index is 306. The molecule has 0 spiro atoms. The first-order valence-corrected chi connectivity index (χ1v) is 7.79. The lowest BCUT2D eigenvalue weighted by Crippen LogP contribution is -2.41. The lowest BCUT2D eigenvalue weighted by Gasteiger charge is -2.25. The van der Waals surface area contributed by atoms with E-state index in [2.05, 4.69) is 0 Å². The van der Waals surface area contributed by atoms with Crippen LogP contribution in [0.2, 0.25) is 0 Å². The third kappa shape index (κ3) is 5.93.